The first kappa shape index (κ1) is 15.3. The number of anilines is 1. The van der Waals surface area contributed by atoms with Crippen LogP contribution in [0.3, 0.4) is 0 Å². The van der Waals surface area contributed by atoms with E-state index in [1.165, 1.54) is 31.7 Å². The summed E-state index contributed by atoms with van der Waals surface area (Å²) in [5.41, 5.74) is 8.46. The topological polar surface area (TPSA) is 44.5 Å². The van der Waals surface area contributed by atoms with E-state index in [-0.39, 0.29) is 6.04 Å². The van der Waals surface area contributed by atoms with Gasteiger partial charge in [-0.25, -0.2) is 0 Å². The molecule has 1 fully saturated rings. The molecule has 0 spiro atoms. The molecule has 1 aromatic carbocycles. The van der Waals surface area contributed by atoms with E-state index in [0.717, 1.165) is 25.2 Å². The van der Waals surface area contributed by atoms with Crippen molar-refractivity contribution in [3.05, 3.63) is 29.8 Å². The second-order valence-corrected chi connectivity index (χ2v) is 5.83. The van der Waals surface area contributed by atoms with E-state index in [0.29, 0.717) is 0 Å². The van der Waals surface area contributed by atoms with Crippen LogP contribution in [0.1, 0.15) is 18.9 Å². The first-order chi connectivity index (χ1) is 9.67. The molecule has 112 valence electrons. The van der Waals surface area contributed by atoms with Gasteiger partial charge in [-0.15, -0.1) is 0 Å². The predicted octanol–water partition coefficient (Wildman–Crippen LogP) is 1.58. The number of nitrogens with zero attached hydrogens (tertiary/aromatic N) is 2. The van der Waals surface area contributed by atoms with Gasteiger partial charge in [0.2, 0.25) is 0 Å². The molecule has 3 N–H and O–H groups in total. The Morgan fingerprint density at radius 3 is 2.40 bits per heavy atom. The van der Waals surface area contributed by atoms with Crippen LogP contribution < -0.4 is 11.1 Å². The average molecular weight is 276 g/mol. The molecule has 4 nitrogen and oxygen atoms in total. The number of piperazine rings is 1. The van der Waals surface area contributed by atoms with Crippen LogP contribution in [0.25, 0.3) is 0 Å². The Morgan fingerprint density at radius 2 is 1.80 bits per heavy atom. The summed E-state index contributed by atoms with van der Waals surface area (Å²) >= 11 is 0. The molecule has 0 bridgehead atoms. The summed E-state index contributed by atoms with van der Waals surface area (Å²) in [6.45, 7) is 8.70. The second kappa shape index (κ2) is 7.62. The van der Waals surface area contributed by atoms with Crippen LogP contribution in [0.5, 0.6) is 0 Å². The van der Waals surface area contributed by atoms with Crippen LogP contribution >= 0.6 is 0 Å². The molecule has 1 atom stereocenters. The van der Waals surface area contributed by atoms with Crippen LogP contribution in [0.2, 0.25) is 0 Å². The summed E-state index contributed by atoms with van der Waals surface area (Å²) in [6, 6.07) is 9.00. The van der Waals surface area contributed by atoms with Gasteiger partial charge in [0.25, 0.3) is 0 Å². The van der Waals surface area contributed by atoms with Crippen LogP contribution in [-0.2, 0) is 6.54 Å². The van der Waals surface area contributed by atoms with Crippen molar-refractivity contribution in [3.63, 3.8) is 0 Å². The minimum absolute atomic E-state index is 0.236. The molecule has 0 radical (unpaired) electrons. The number of nitrogens with two attached hydrogens (primary N) is 1. The van der Waals surface area contributed by atoms with Crippen molar-refractivity contribution >= 4 is 5.69 Å². The Morgan fingerprint density at radius 1 is 1.15 bits per heavy atom. The molecule has 0 aromatic heterocycles. The maximum Gasteiger partial charge on any atom is 0.0340 e. The molecular weight excluding hydrogens is 248 g/mol. The van der Waals surface area contributed by atoms with E-state index in [1.807, 2.05) is 0 Å². The third-order valence-electron chi connectivity index (χ3n) is 4.05. The van der Waals surface area contributed by atoms with Crippen molar-refractivity contribution in [1.82, 2.24) is 9.80 Å². The number of likely N-dealkylation sites (N-methyl/N-ethyl adjacent to an activating group) is 1. The lowest BCUT2D eigenvalue weighted by Crippen LogP contribution is -2.43. The molecule has 0 amide bonds. The van der Waals surface area contributed by atoms with E-state index in [9.17, 15) is 0 Å². The van der Waals surface area contributed by atoms with Crippen LogP contribution in [0.4, 0.5) is 5.69 Å². The second-order valence-electron chi connectivity index (χ2n) is 5.83. The van der Waals surface area contributed by atoms with Gasteiger partial charge in [0, 0.05) is 51.0 Å². The highest BCUT2D eigenvalue weighted by Crippen LogP contribution is 2.12. The van der Waals surface area contributed by atoms with Gasteiger partial charge in [0.05, 0.1) is 0 Å². The molecule has 1 heterocycles. The van der Waals surface area contributed by atoms with Crippen molar-refractivity contribution in [2.75, 3.05) is 45.1 Å². The van der Waals surface area contributed by atoms with Gasteiger partial charge in [-0.05, 0) is 31.2 Å². The standard InChI is InChI=1S/C16H28N4/c1-3-15(17)12-18-16-6-4-14(5-7-16)13-20-10-8-19(2)9-11-20/h4-7,15,18H,3,8-13,17H2,1-2H3. The third kappa shape index (κ3) is 4.78. The number of nitrogens with one attached hydrogen (secondary N) is 1. The smallest absolute Gasteiger partial charge is 0.0340 e. The Labute approximate surface area is 122 Å². The summed E-state index contributed by atoms with van der Waals surface area (Å²) in [6.07, 6.45) is 1.01. The highest BCUT2D eigenvalue weighted by atomic mass is 15.2. The number of rotatable bonds is 6. The van der Waals surface area contributed by atoms with Crippen molar-refractivity contribution < 1.29 is 0 Å². The largest absolute Gasteiger partial charge is 0.383 e. The Hall–Kier alpha value is -1.10. The molecule has 1 saturated heterocycles. The fraction of sp³-hybridized carbons (Fsp3) is 0.625. The van der Waals surface area contributed by atoms with E-state index in [2.05, 4.69) is 53.4 Å². The first-order valence-corrected chi connectivity index (χ1v) is 7.66. The molecule has 4 heteroatoms. The summed E-state index contributed by atoms with van der Waals surface area (Å²) < 4.78 is 0. The molecule has 0 aliphatic carbocycles. The number of hydrogen-bond donors (Lipinski definition) is 2. The molecule has 1 aliphatic heterocycles. The Kier molecular flexibility index (Phi) is 5.83. The van der Waals surface area contributed by atoms with Gasteiger partial charge in [-0.1, -0.05) is 19.1 Å². The summed E-state index contributed by atoms with van der Waals surface area (Å²) in [7, 11) is 2.19. The monoisotopic (exact) mass is 276 g/mol. The molecule has 1 unspecified atom stereocenters. The van der Waals surface area contributed by atoms with Gasteiger partial charge < -0.3 is 16.0 Å². The minimum atomic E-state index is 0.236. The van der Waals surface area contributed by atoms with Gasteiger partial charge in [-0.3, -0.25) is 4.90 Å². The van der Waals surface area contributed by atoms with Gasteiger partial charge >= 0.3 is 0 Å². The van der Waals surface area contributed by atoms with Gasteiger partial charge in [-0.2, -0.15) is 0 Å². The molecular formula is C16H28N4. The fourth-order valence-electron chi connectivity index (χ4n) is 2.39. The Bertz CT molecular complexity index is 382. The zero-order chi connectivity index (χ0) is 14.4. The van der Waals surface area contributed by atoms with E-state index in [1.54, 1.807) is 0 Å². The maximum atomic E-state index is 5.91. The van der Waals surface area contributed by atoms with Crippen molar-refractivity contribution in [2.45, 2.75) is 25.9 Å². The summed E-state index contributed by atoms with van der Waals surface area (Å²) in [4.78, 5) is 4.91. The normalized spacial score (nSPS) is 18.9. The van der Waals surface area contributed by atoms with Crippen LogP contribution in [-0.4, -0.2) is 55.6 Å². The quantitative estimate of drug-likeness (QED) is 0.828. The van der Waals surface area contributed by atoms with Crippen molar-refractivity contribution in [2.24, 2.45) is 5.73 Å². The Balaban J connectivity index is 1.79. The molecule has 2 rings (SSSR count). The zero-order valence-electron chi connectivity index (χ0n) is 12.8. The van der Waals surface area contributed by atoms with E-state index < -0.39 is 0 Å². The summed E-state index contributed by atoms with van der Waals surface area (Å²) in [5, 5.41) is 3.39. The third-order valence-corrected chi connectivity index (χ3v) is 4.05. The lowest BCUT2D eigenvalue weighted by molar-refractivity contribution is 0.148. The average Bonchev–Trinajstić information content (AvgIpc) is 2.48. The fourth-order valence-corrected chi connectivity index (χ4v) is 2.39. The van der Waals surface area contributed by atoms with Crippen LogP contribution in [0, 0.1) is 0 Å². The zero-order valence-corrected chi connectivity index (χ0v) is 12.8. The first-order valence-electron chi connectivity index (χ1n) is 7.66. The lowest BCUT2D eigenvalue weighted by atomic mass is 10.1. The van der Waals surface area contributed by atoms with Crippen LogP contribution in [0.15, 0.2) is 24.3 Å². The maximum absolute atomic E-state index is 5.91. The predicted molar refractivity (Wildman–Crippen MR) is 86.0 cm³/mol. The molecule has 20 heavy (non-hydrogen) atoms. The molecule has 0 saturated carbocycles. The molecule has 1 aliphatic rings. The van der Waals surface area contributed by atoms with Crippen molar-refractivity contribution in [3.8, 4) is 0 Å². The lowest BCUT2D eigenvalue weighted by Gasteiger charge is -2.32. The SMILES string of the molecule is CCC(N)CNc1ccc(CN2CCN(C)CC2)cc1. The van der Waals surface area contributed by atoms with Gasteiger partial charge in [0.15, 0.2) is 0 Å². The van der Waals surface area contributed by atoms with Crippen molar-refractivity contribution in [1.29, 1.82) is 0 Å². The number of benzene rings is 1. The van der Waals surface area contributed by atoms with E-state index in [4.69, 9.17) is 5.73 Å². The molecule has 1 aromatic rings. The minimum Gasteiger partial charge on any atom is -0.383 e. The highest BCUT2D eigenvalue weighted by Gasteiger charge is 2.13. The highest BCUT2D eigenvalue weighted by molar-refractivity contribution is 5.44. The number of hydrogen-bond acceptors (Lipinski definition) is 4. The summed E-state index contributed by atoms with van der Waals surface area (Å²) in [5.74, 6) is 0. The van der Waals surface area contributed by atoms with E-state index >= 15 is 0 Å². The van der Waals surface area contributed by atoms with Gasteiger partial charge in [0.1, 0.15) is 0 Å².